The van der Waals surface area contributed by atoms with Crippen molar-refractivity contribution in [3.05, 3.63) is 29.3 Å². The van der Waals surface area contributed by atoms with Crippen LogP contribution < -0.4 is 4.74 Å². The Hall–Kier alpha value is -1.55. The molecule has 0 bridgehead atoms. The fourth-order valence-corrected chi connectivity index (χ4v) is 2.20. The van der Waals surface area contributed by atoms with Crippen molar-refractivity contribution in [2.24, 2.45) is 0 Å². The standard InChI is InChI=1S/C15H22N2O2/c1-11(16(2)3)13-8-7-12-6-5-9-17(4)15(18)19-14(12)10-13/h7-8,10-11H,5-6,9H2,1-4H3. The summed E-state index contributed by atoms with van der Waals surface area (Å²) < 4.78 is 5.49. The van der Waals surface area contributed by atoms with Gasteiger partial charge in [0.2, 0.25) is 0 Å². The molecule has 1 atom stereocenters. The minimum atomic E-state index is -0.268. The first-order chi connectivity index (χ1) is 8.99. The Kier molecular flexibility index (Phi) is 4.10. The van der Waals surface area contributed by atoms with Gasteiger partial charge in [-0.05, 0) is 51.1 Å². The lowest BCUT2D eigenvalue weighted by Crippen LogP contribution is -2.32. The molecule has 4 heteroatoms. The normalized spacial score (nSPS) is 17.5. The van der Waals surface area contributed by atoms with Crippen LogP contribution in [0.15, 0.2) is 18.2 Å². The van der Waals surface area contributed by atoms with Crippen molar-refractivity contribution in [2.45, 2.75) is 25.8 Å². The molecule has 0 radical (unpaired) electrons. The lowest BCUT2D eigenvalue weighted by atomic mass is 10.0. The number of fused-ring (bicyclic) bond motifs is 1. The number of benzene rings is 1. The van der Waals surface area contributed by atoms with Gasteiger partial charge in [-0.1, -0.05) is 12.1 Å². The second-order valence-corrected chi connectivity index (χ2v) is 5.40. The fraction of sp³-hybridized carbons (Fsp3) is 0.533. The molecule has 0 spiro atoms. The summed E-state index contributed by atoms with van der Waals surface area (Å²) in [6.45, 7) is 2.88. The number of hydrogen-bond acceptors (Lipinski definition) is 3. The Morgan fingerprint density at radius 1 is 1.37 bits per heavy atom. The van der Waals surface area contributed by atoms with Crippen LogP contribution >= 0.6 is 0 Å². The quantitative estimate of drug-likeness (QED) is 0.821. The number of carbonyl (C=O) groups is 1. The summed E-state index contributed by atoms with van der Waals surface area (Å²) in [6.07, 6.45) is 1.65. The maximum atomic E-state index is 11.8. The molecule has 0 fully saturated rings. The molecule has 0 N–H and O–H groups in total. The molecule has 0 saturated carbocycles. The number of hydrogen-bond donors (Lipinski definition) is 0. The zero-order chi connectivity index (χ0) is 14.0. The van der Waals surface area contributed by atoms with Gasteiger partial charge in [-0.2, -0.15) is 0 Å². The van der Waals surface area contributed by atoms with Crippen molar-refractivity contribution >= 4 is 6.09 Å². The smallest absolute Gasteiger partial charge is 0.410 e. The Bertz CT molecular complexity index is 471. The Morgan fingerprint density at radius 2 is 2.11 bits per heavy atom. The van der Waals surface area contributed by atoms with Crippen LogP contribution in [0.5, 0.6) is 5.75 Å². The number of nitrogens with zero attached hydrogens (tertiary/aromatic N) is 2. The van der Waals surface area contributed by atoms with Crippen molar-refractivity contribution in [1.82, 2.24) is 9.80 Å². The Balaban J connectivity index is 2.31. The maximum Gasteiger partial charge on any atom is 0.414 e. The van der Waals surface area contributed by atoms with Crippen molar-refractivity contribution < 1.29 is 9.53 Å². The molecule has 1 heterocycles. The SMILES string of the molecule is CC(c1ccc2c(c1)OC(=O)N(C)CCC2)N(C)C. The van der Waals surface area contributed by atoms with Crippen molar-refractivity contribution in [3.63, 3.8) is 0 Å². The van der Waals surface area contributed by atoms with E-state index in [1.807, 2.05) is 20.2 Å². The predicted molar refractivity (Wildman–Crippen MR) is 75.5 cm³/mol. The van der Waals surface area contributed by atoms with E-state index in [0.29, 0.717) is 11.8 Å². The zero-order valence-corrected chi connectivity index (χ0v) is 12.1. The maximum absolute atomic E-state index is 11.8. The van der Waals surface area contributed by atoms with E-state index in [9.17, 15) is 4.79 Å². The van der Waals surface area contributed by atoms with E-state index in [0.717, 1.165) is 24.9 Å². The summed E-state index contributed by atoms with van der Waals surface area (Å²) in [5.41, 5.74) is 2.29. The first-order valence-electron chi connectivity index (χ1n) is 6.71. The van der Waals surface area contributed by atoms with Crippen LogP contribution in [0.4, 0.5) is 4.79 Å². The Morgan fingerprint density at radius 3 is 2.79 bits per heavy atom. The molecular weight excluding hydrogens is 240 g/mol. The minimum Gasteiger partial charge on any atom is -0.410 e. The molecule has 104 valence electrons. The molecule has 0 aromatic heterocycles. The van der Waals surface area contributed by atoms with Gasteiger partial charge in [0.15, 0.2) is 0 Å². The van der Waals surface area contributed by atoms with E-state index in [1.54, 1.807) is 11.9 Å². The molecular formula is C15H22N2O2. The topological polar surface area (TPSA) is 32.8 Å². The Labute approximate surface area is 115 Å². The molecule has 2 rings (SSSR count). The average molecular weight is 262 g/mol. The van der Waals surface area contributed by atoms with Gasteiger partial charge >= 0.3 is 6.09 Å². The number of amides is 1. The van der Waals surface area contributed by atoms with Gasteiger partial charge in [0.1, 0.15) is 5.75 Å². The van der Waals surface area contributed by atoms with Crippen LogP contribution in [0, 0.1) is 0 Å². The number of ether oxygens (including phenoxy) is 1. The van der Waals surface area contributed by atoms with Crippen molar-refractivity contribution in [3.8, 4) is 5.75 Å². The van der Waals surface area contributed by atoms with Crippen LogP contribution in [-0.4, -0.2) is 43.6 Å². The monoisotopic (exact) mass is 262 g/mol. The summed E-state index contributed by atoms with van der Waals surface area (Å²) in [5.74, 6) is 0.711. The third kappa shape index (κ3) is 3.07. The van der Waals surface area contributed by atoms with Gasteiger partial charge in [0, 0.05) is 19.6 Å². The van der Waals surface area contributed by atoms with Crippen LogP contribution in [0.1, 0.15) is 30.5 Å². The van der Waals surface area contributed by atoms with Gasteiger partial charge in [-0.25, -0.2) is 4.79 Å². The summed E-state index contributed by atoms with van der Waals surface area (Å²) in [7, 11) is 5.86. The lowest BCUT2D eigenvalue weighted by Gasteiger charge is -2.24. The number of carbonyl (C=O) groups excluding carboxylic acids is 1. The van der Waals surface area contributed by atoms with Crippen LogP contribution in [0.2, 0.25) is 0 Å². The van der Waals surface area contributed by atoms with E-state index in [-0.39, 0.29) is 6.09 Å². The zero-order valence-electron chi connectivity index (χ0n) is 12.1. The highest BCUT2D eigenvalue weighted by molar-refractivity contribution is 5.71. The van der Waals surface area contributed by atoms with Gasteiger partial charge in [-0.3, -0.25) is 0 Å². The first kappa shape index (κ1) is 13.9. The van der Waals surface area contributed by atoms with E-state index in [2.05, 4.69) is 24.0 Å². The van der Waals surface area contributed by atoms with Crippen LogP contribution in [0.3, 0.4) is 0 Å². The van der Waals surface area contributed by atoms with Gasteiger partial charge in [0.05, 0.1) is 0 Å². The average Bonchev–Trinajstić information content (AvgIpc) is 2.37. The molecule has 4 nitrogen and oxygen atoms in total. The highest BCUT2D eigenvalue weighted by atomic mass is 16.6. The van der Waals surface area contributed by atoms with E-state index < -0.39 is 0 Å². The third-order valence-electron chi connectivity index (χ3n) is 3.80. The fourth-order valence-electron chi connectivity index (χ4n) is 2.20. The summed E-state index contributed by atoms with van der Waals surface area (Å²) >= 11 is 0. The van der Waals surface area contributed by atoms with Crippen molar-refractivity contribution in [2.75, 3.05) is 27.7 Å². The highest BCUT2D eigenvalue weighted by Gasteiger charge is 2.19. The molecule has 1 amide bonds. The lowest BCUT2D eigenvalue weighted by molar-refractivity contribution is 0.159. The largest absolute Gasteiger partial charge is 0.414 e. The summed E-state index contributed by atoms with van der Waals surface area (Å²) in [4.78, 5) is 15.6. The summed E-state index contributed by atoms with van der Waals surface area (Å²) in [6, 6.07) is 6.51. The first-order valence-corrected chi connectivity index (χ1v) is 6.71. The third-order valence-corrected chi connectivity index (χ3v) is 3.80. The van der Waals surface area contributed by atoms with Crippen LogP contribution in [0.25, 0.3) is 0 Å². The van der Waals surface area contributed by atoms with Gasteiger partial charge < -0.3 is 14.5 Å². The van der Waals surface area contributed by atoms with E-state index in [1.165, 1.54) is 5.56 Å². The number of aryl methyl sites for hydroxylation is 1. The van der Waals surface area contributed by atoms with Gasteiger partial charge in [0.25, 0.3) is 0 Å². The highest BCUT2D eigenvalue weighted by Crippen LogP contribution is 2.28. The van der Waals surface area contributed by atoms with Crippen molar-refractivity contribution in [1.29, 1.82) is 0 Å². The molecule has 1 aromatic rings. The molecule has 1 aliphatic rings. The van der Waals surface area contributed by atoms with E-state index in [4.69, 9.17) is 4.74 Å². The summed E-state index contributed by atoms with van der Waals surface area (Å²) in [5, 5.41) is 0. The number of rotatable bonds is 2. The molecule has 1 aromatic carbocycles. The molecule has 1 aliphatic heterocycles. The molecule has 0 aliphatic carbocycles. The molecule has 19 heavy (non-hydrogen) atoms. The van der Waals surface area contributed by atoms with E-state index >= 15 is 0 Å². The van der Waals surface area contributed by atoms with Gasteiger partial charge in [-0.15, -0.1) is 0 Å². The minimum absolute atomic E-state index is 0.268. The van der Waals surface area contributed by atoms with Crippen LogP contribution in [-0.2, 0) is 6.42 Å². The second-order valence-electron chi connectivity index (χ2n) is 5.40. The predicted octanol–water partition coefficient (Wildman–Crippen LogP) is 2.69. The molecule has 0 saturated heterocycles. The molecule has 1 unspecified atom stereocenters. The second kappa shape index (κ2) is 5.61.